The van der Waals surface area contributed by atoms with Crippen molar-refractivity contribution >= 4 is 17.2 Å². The molecule has 1 unspecified atom stereocenters. The Labute approximate surface area is 129 Å². The molecule has 0 saturated heterocycles. The number of carbonyl (C=O) groups is 1. The SMILES string of the molecule is Cc1cc(C#CCN)cc(C(=O)NC(C)c2cccs2)c1. The predicted octanol–water partition coefficient (Wildman–Crippen LogP) is 2.86. The second-order valence-electron chi connectivity index (χ2n) is 4.80. The zero-order chi connectivity index (χ0) is 15.2. The van der Waals surface area contributed by atoms with Gasteiger partial charge in [0.05, 0.1) is 12.6 Å². The minimum absolute atomic E-state index is 0.00316. The maximum Gasteiger partial charge on any atom is 0.251 e. The lowest BCUT2D eigenvalue weighted by Gasteiger charge is -2.12. The zero-order valence-corrected chi connectivity index (χ0v) is 13.0. The molecule has 3 nitrogen and oxygen atoms in total. The average molecular weight is 298 g/mol. The molecule has 2 aromatic rings. The highest BCUT2D eigenvalue weighted by Gasteiger charge is 2.12. The lowest BCUT2D eigenvalue weighted by molar-refractivity contribution is 0.0940. The highest BCUT2D eigenvalue weighted by Crippen LogP contribution is 2.19. The van der Waals surface area contributed by atoms with Crippen molar-refractivity contribution in [3.8, 4) is 11.8 Å². The summed E-state index contributed by atoms with van der Waals surface area (Å²) in [5.41, 5.74) is 7.83. The zero-order valence-electron chi connectivity index (χ0n) is 12.1. The summed E-state index contributed by atoms with van der Waals surface area (Å²) in [4.78, 5) is 13.5. The van der Waals surface area contributed by atoms with E-state index in [9.17, 15) is 4.79 Å². The van der Waals surface area contributed by atoms with Gasteiger partial charge in [0.25, 0.3) is 5.91 Å². The van der Waals surface area contributed by atoms with Gasteiger partial charge in [0.2, 0.25) is 0 Å². The first-order valence-electron chi connectivity index (χ1n) is 6.75. The van der Waals surface area contributed by atoms with Gasteiger partial charge in [0, 0.05) is 16.0 Å². The fraction of sp³-hybridized carbons (Fsp3) is 0.235. The molecular weight excluding hydrogens is 280 g/mol. The van der Waals surface area contributed by atoms with Gasteiger partial charge in [-0.3, -0.25) is 4.79 Å². The van der Waals surface area contributed by atoms with Gasteiger partial charge >= 0.3 is 0 Å². The summed E-state index contributed by atoms with van der Waals surface area (Å²) in [7, 11) is 0. The minimum atomic E-state index is -0.0876. The Bertz CT molecular complexity index is 681. The monoisotopic (exact) mass is 298 g/mol. The van der Waals surface area contributed by atoms with Crippen LogP contribution in [0, 0.1) is 18.8 Å². The summed E-state index contributed by atoms with van der Waals surface area (Å²) in [5, 5.41) is 5.01. The van der Waals surface area contributed by atoms with Gasteiger partial charge in [-0.15, -0.1) is 11.3 Å². The van der Waals surface area contributed by atoms with Crippen LogP contribution in [0.2, 0.25) is 0 Å². The number of carbonyl (C=O) groups excluding carboxylic acids is 1. The first-order chi connectivity index (χ1) is 10.1. The number of thiophene rings is 1. The molecule has 2 rings (SSSR count). The van der Waals surface area contributed by atoms with E-state index in [0.717, 1.165) is 16.0 Å². The van der Waals surface area contributed by atoms with Crippen molar-refractivity contribution in [2.45, 2.75) is 19.9 Å². The molecule has 0 aliphatic rings. The van der Waals surface area contributed by atoms with Crippen LogP contribution in [-0.2, 0) is 0 Å². The van der Waals surface area contributed by atoms with Crippen molar-refractivity contribution in [2.75, 3.05) is 6.54 Å². The molecule has 0 bridgehead atoms. The maximum atomic E-state index is 12.3. The van der Waals surface area contributed by atoms with Crippen LogP contribution >= 0.6 is 11.3 Å². The van der Waals surface area contributed by atoms with Gasteiger partial charge in [0.1, 0.15) is 0 Å². The van der Waals surface area contributed by atoms with Crippen molar-refractivity contribution in [1.82, 2.24) is 5.32 Å². The van der Waals surface area contributed by atoms with Crippen molar-refractivity contribution in [1.29, 1.82) is 0 Å². The van der Waals surface area contributed by atoms with Gasteiger partial charge in [0.15, 0.2) is 0 Å². The first kappa shape index (κ1) is 15.3. The summed E-state index contributed by atoms with van der Waals surface area (Å²) in [6.45, 7) is 4.24. The van der Waals surface area contributed by atoms with Gasteiger partial charge < -0.3 is 11.1 Å². The van der Waals surface area contributed by atoms with Crippen molar-refractivity contribution in [3.63, 3.8) is 0 Å². The highest BCUT2D eigenvalue weighted by atomic mass is 32.1. The molecule has 1 heterocycles. The quantitative estimate of drug-likeness (QED) is 0.856. The third kappa shape index (κ3) is 4.19. The number of nitrogens with one attached hydrogen (secondary N) is 1. The molecule has 0 fully saturated rings. The summed E-state index contributed by atoms with van der Waals surface area (Å²) in [5.74, 6) is 5.69. The van der Waals surface area contributed by atoms with E-state index in [1.54, 1.807) is 17.4 Å². The third-order valence-electron chi connectivity index (χ3n) is 2.99. The Hall–Kier alpha value is -2.09. The van der Waals surface area contributed by atoms with E-state index < -0.39 is 0 Å². The summed E-state index contributed by atoms with van der Waals surface area (Å²) >= 11 is 1.63. The lowest BCUT2D eigenvalue weighted by Crippen LogP contribution is -2.26. The second kappa shape index (κ2) is 7.07. The number of rotatable bonds is 3. The highest BCUT2D eigenvalue weighted by molar-refractivity contribution is 7.10. The Morgan fingerprint density at radius 3 is 2.90 bits per heavy atom. The molecule has 0 saturated carbocycles. The van der Waals surface area contributed by atoms with Crippen LogP contribution in [0.3, 0.4) is 0 Å². The molecule has 0 aliphatic heterocycles. The minimum Gasteiger partial charge on any atom is -0.345 e. The van der Waals surface area contributed by atoms with Crippen molar-refractivity contribution in [3.05, 3.63) is 57.3 Å². The fourth-order valence-electron chi connectivity index (χ4n) is 2.03. The second-order valence-corrected chi connectivity index (χ2v) is 5.78. The summed E-state index contributed by atoms with van der Waals surface area (Å²) < 4.78 is 0. The molecule has 1 atom stereocenters. The standard InChI is InChI=1S/C17H18N2OS/c1-12-9-14(5-3-7-18)11-15(10-12)17(20)19-13(2)16-6-4-8-21-16/h4,6,8-11,13H,7,18H2,1-2H3,(H,19,20). The van der Waals surface area contributed by atoms with E-state index in [2.05, 4.69) is 17.2 Å². The smallest absolute Gasteiger partial charge is 0.251 e. The normalized spacial score (nSPS) is 11.4. The lowest BCUT2D eigenvalue weighted by atomic mass is 10.1. The van der Waals surface area contributed by atoms with Crippen LogP contribution in [0.25, 0.3) is 0 Å². The Morgan fingerprint density at radius 2 is 2.24 bits per heavy atom. The third-order valence-corrected chi connectivity index (χ3v) is 4.05. The summed E-state index contributed by atoms with van der Waals surface area (Å²) in [6.07, 6.45) is 0. The molecule has 21 heavy (non-hydrogen) atoms. The van der Waals surface area contributed by atoms with Crippen LogP contribution < -0.4 is 11.1 Å². The molecule has 1 amide bonds. The molecule has 1 aromatic heterocycles. The van der Waals surface area contributed by atoms with E-state index in [1.807, 2.05) is 43.5 Å². The first-order valence-corrected chi connectivity index (χ1v) is 7.63. The Kier molecular flexibility index (Phi) is 5.15. The number of hydrogen-bond acceptors (Lipinski definition) is 3. The van der Waals surface area contributed by atoms with E-state index >= 15 is 0 Å². The fourth-order valence-corrected chi connectivity index (χ4v) is 2.76. The van der Waals surface area contributed by atoms with Crippen LogP contribution in [0.1, 0.15) is 39.3 Å². The van der Waals surface area contributed by atoms with Crippen molar-refractivity contribution in [2.24, 2.45) is 5.73 Å². The van der Waals surface area contributed by atoms with E-state index in [0.29, 0.717) is 12.1 Å². The molecule has 3 N–H and O–H groups in total. The van der Waals surface area contributed by atoms with E-state index in [1.165, 1.54) is 0 Å². The van der Waals surface area contributed by atoms with Crippen LogP contribution in [0.5, 0.6) is 0 Å². The molecule has 0 radical (unpaired) electrons. The average Bonchev–Trinajstić information content (AvgIpc) is 2.98. The maximum absolute atomic E-state index is 12.3. The molecule has 4 heteroatoms. The number of hydrogen-bond donors (Lipinski definition) is 2. The number of aryl methyl sites for hydroxylation is 1. The van der Waals surface area contributed by atoms with Crippen LogP contribution in [-0.4, -0.2) is 12.5 Å². The Balaban J connectivity index is 2.17. The summed E-state index contributed by atoms with van der Waals surface area (Å²) in [6, 6.07) is 9.61. The Morgan fingerprint density at radius 1 is 1.43 bits per heavy atom. The molecule has 0 aliphatic carbocycles. The van der Waals surface area contributed by atoms with Gasteiger partial charge in [-0.1, -0.05) is 17.9 Å². The molecule has 1 aromatic carbocycles. The molecule has 108 valence electrons. The molecule has 0 spiro atoms. The van der Waals surface area contributed by atoms with Crippen molar-refractivity contribution < 1.29 is 4.79 Å². The predicted molar refractivity (Wildman–Crippen MR) is 87.3 cm³/mol. The van der Waals surface area contributed by atoms with E-state index in [-0.39, 0.29) is 11.9 Å². The van der Waals surface area contributed by atoms with E-state index in [4.69, 9.17) is 5.73 Å². The topological polar surface area (TPSA) is 55.1 Å². The number of benzene rings is 1. The van der Waals surface area contributed by atoms with Gasteiger partial charge in [-0.25, -0.2) is 0 Å². The number of amides is 1. The van der Waals surface area contributed by atoms with Crippen LogP contribution in [0.15, 0.2) is 35.7 Å². The molecular formula is C17H18N2OS. The largest absolute Gasteiger partial charge is 0.345 e. The van der Waals surface area contributed by atoms with Gasteiger partial charge in [-0.05, 0) is 49.1 Å². The van der Waals surface area contributed by atoms with Crippen LogP contribution in [0.4, 0.5) is 0 Å². The van der Waals surface area contributed by atoms with Gasteiger partial charge in [-0.2, -0.15) is 0 Å². The number of nitrogens with two attached hydrogens (primary N) is 1.